The zero-order chi connectivity index (χ0) is 16.4. The van der Waals surface area contributed by atoms with Crippen molar-refractivity contribution in [1.29, 1.82) is 0 Å². The third-order valence-corrected chi connectivity index (χ3v) is 7.22. The quantitative estimate of drug-likeness (QED) is 0.795. The number of anilines is 1. The molecule has 0 saturated carbocycles. The number of benzene rings is 1. The maximum absolute atomic E-state index is 12.5. The second-order valence-electron chi connectivity index (χ2n) is 5.43. The van der Waals surface area contributed by atoms with Crippen LogP contribution in [0.15, 0.2) is 46.0 Å². The van der Waals surface area contributed by atoms with E-state index >= 15 is 0 Å². The molecule has 0 bridgehead atoms. The molecule has 1 aromatic carbocycles. The highest BCUT2D eigenvalue weighted by Crippen LogP contribution is 2.24. The van der Waals surface area contributed by atoms with Crippen LogP contribution in [0.1, 0.15) is 17.3 Å². The van der Waals surface area contributed by atoms with Gasteiger partial charge in [0.25, 0.3) is 10.0 Å². The number of piperazine rings is 1. The van der Waals surface area contributed by atoms with Crippen molar-refractivity contribution in [3.63, 3.8) is 0 Å². The third kappa shape index (κ3) is 3.31. The Labute approximate surface area is 140 Å². The lowest BCUT2D eigenvalue weighted by Gasteiger charge is -2.35. The molecule has 5 nitrogen and oxygen atoms in total. The van der Waals surface area contributed by atoms with Gasteiger partial charge in [0.15, 0.2) is 5.78 Å². The van der Waals surface area contributed by atoms with Gasteiger partial charge in [-0.1, -0.05) is 18.2 Å². The van der Waals surface area contributed by atoms with Gasteiger partial charge >= 0.3 is 0 Å². The van der Waals surface area contributed by atoms with Crippen LogP contribution in [0, 0.1) is 0 Å². The maximum Gasteiger partial charge on any atom is 0.252 e. The number of sulfonamides is 1. The van der Waals surface area contributed by atoms with E-state index in [4.69, 9.17) is 0 Å². The number of hydrogen-bond donors (Lipinski definition) is 0. The number of nitrogens with zero attached hydrogens (tertiary/aromatic N) is 2. The summed E-state index contributed by atoms with van der Waals surface area (Å²) < 4.78 is 26.9. The Morgan fingerprint density at radius 2 is 1.83 bits per heavy atom. The standard InChI is InChI=1S/C16H18N2O3S2/c1-13(19)14-4-2-5-15(12-14)17-7-9-18(10-8-17)23(20,21)16-6-3-11-22-16/h2-6,11-12H,7-10H2,1H3. The molecule has 0 unspecified atom stereocenters. The van der Waals surface area contributed by atoms with Gasteiger partial charge < -0.3 is 4.90 Å². The first-order valence-corrected chi connectivity index (χ1v) is 9.70. The Kier molecular flexibility index (Phi) is 4.52. The zero-order valence-electron chi connectivity index (χ0n) is 12.8. The summed E-state index contributed by atoms with van der Waals surface area (Å²) in [5.41, 5.74) is 1.64. The van der Waals surface area contributed by atoms with Crippen molar-refractivity contribution < 1.29 is 13.2 Å². The van der Waals surface area contributed by atoms with E-state index in [2.05, 4.69) is 4.90 Å². The highest BCUT2D eigenvalue weighted by molar-refractivity contribution is 7.91. The van der Waals surface area contributed by atoms with E-state index in [0.29, 0.717) is 36.0 Å². The summed E-state index contributed by atoms with van der Waals surface area (Å²) in [6.07, 6.45) is 0. The number of carbonyl (C=O) groups is 1. The molecule has 3 rings (SSSR count). The largest absolute Gasteiger partial charge is 0.369 e. The normalized spacial score (nSPS) is 16.5. The van der Waals surface area contributed by atoms with Gasteiger partial charge in [-0.2, -0.15) is 4.31 Å². The van der Waals surface area contributed by atoms with E-state index in [1.165, 1.54) is 15.6 Å². The van der Waals surface area contributed by atoms with Crippen LogP contribution in [0.25, 0.3) is 0 Å². The monoisotopic (exact) mass is 350 g/mol. The molecular formula is C16H18N2O3S2. The highest BCUT2D eigenvalue weighted by Gasteiger charge is 2.29. The van der Waals surface area contributed by atoms with Gasteiger partial charge in [-0.3, -0.25) is 4.79 Å². The van der Waals surface area contributed by atoms with Gasteiger partial charge in [-0.15, -0.1) is 11.3 Å². The Morgan fingerprint density at radius 3 is 2.43 bits per heavy atom. The van der Waals surface area contributed by atoms with Crippen molar-refractivity contribution in [2.24, 2.45) is 0 Å². The van der Waals surface area contributed by atoms with Gasteiger partial charge in [-0.05, 0) is 30.5 Å². The summed E-state index contributed by atoms with van der Waals surface area (Å²) in [6.45, 7) is 3.68. The lowest BCUT2D eigenvalue weighted by Crippen LogP contribution is -2.48. The van der Waals surface area contributed by atoms with Crippen LogP contribution in [0.5, 0.6) is 0 Å². The summed E-state index contributed by atoms with van der Waals surface area (Å²) >= 11 is 1.25. The first-order valence-electron chi connectivity index (χ1n) is 7.38. The Bertz CT molecular complexity index is 792. The molecule has 7 heteroatoms. The summed E-state index contributed by atoms with van der Waals surface area (Å²) in [4.78, 5) is 13.6. The second kappa shape index (κ2) is 6.43. The molecule has 0 N–H and O–H groups in total. The SMILES string of the molecule is CC(=O)c1cccc(N2CCN(S(=O)(=O)c3cccs3)CC2)c1. The van der Waals surface area contributed by atoms with Gasteiger partial charge in [0, 0.05) is 37.4 Å². The summed E-state index contributed by atoms with van der Waals surface area (Å²) in [5, 5.41) is 1.77. The summed E-state index contributed by atoms with van der Waals surface area (Å²) in [6, 6.07) is 10.9. The van der Waals surface area contributed by atoms with Crippen molar-refractivity contribution >= 4 is 32.8 Å². The number of carbonyl (C=O) groups excluding carboxylic acids is 1. The Morgan fingerprint density at radius 1 is 1.09 bits per heavy atom. The van der Waals surface area contributed by atoms with Gasteiger partial charge in [-0.25, -0.2) is 8.42 Å². The molecule has 0 radical (unpaired) electrons. The molecule has 1 aliphatic rings. The smallest absolute Gasteiger partial charge is 0.252 e. The van der Waals surface area contributed by atoms with Crippen LogP contribution in [0.3, 0.4) is 0 Å². The van der Waals surface area contributed by atoms with E-state index in [9.17, 15) is 13.2 Å². The maximum atomic E-state index is 12.5. The predicted molar refractivity (Wildman–Crippen MR) is 91.7 cm³/mol. The minimum Gasteiger partial charge on any atom is -0.369 e. The molecular weight excluding hydrogens is 332 g/mol. The van der Waals surface area contributed by atoms with Crippen molar-refractivity contribution in [2.45, 2.75) is 11.1 Å². The minimum atomic E-state index is -3.37. The molecule has 2 aromatic rings. The predicted octanol–water partition coefficient (Wildman–Crippen LogP) is 2.46. The number of hydrogen-bond acceptors (Lipinski definition) is 5. The van der Waals surface area contributed by atoms with E-state index < -0.39 is 10.0 Å². The highest BCUT2D eigenvalue weighted by atomic mass is 32.2. The van der Waals surface area contributed by atoms with Crippen LogP contribution >= 0.6 is 11.3 Å². The molecule has 0 atom stereocenters. The molecule has 2 heterocycles. The summed E-state index contributed by atoms with van der Waals surface area (Å²) in [7, 11) is -3.37. The van der Waals surface area contributed by atoms with Crippen LogP contribution < -0.4 is 4.90 Å². The van der Waals surface area contributed by atoms with Crippen molar-refractivity contribution in [3.05, 3.63) is 47.3 Å². The zero-order valence-corrected chi connectivity index (χ0v) is 14.4. The van der Waals surface area contributed by atoms with E-state index in [0.717, 1.165) is 5.69 Å². The minimum absolute atomic E-state index is 0.0331. The van der Waals surface area contributed by atoms with Crippen LogP contribution in [-0.4, -0.2) is 44.7 Å². The Balaban J connectivity index is 1.72. The molecule has 1 aliphatic heterocycles. The molecule has 1 aromatic heterocycles. The second-order valence-corrected chi connectivity index (χ2v) is 8.54. The average Bonchev–Trinajstić information content (AvgIpc) is 3.10. The number of ketones is 1. The van der Waals surface area contributed by atoms with Crippen LogP contribution in [-0.2, 0) is 10.0 Å². The first kappa shape index (κ1) is 16.2. The number of Topliss-reactive ketones (excluding diaryl/α,β-unsaturated/α-hetero) is 1. The average molecular weight is 350 g/mol. The summed E-state index contributed by atoms with van der Waals surface area (Å²) in [5.74, 6) is 0.0331. The van der Waals surface area contributed by atoms with Crippen molar-refractivity contribution in [2.75, 3.05) is 31.1 Å². The first-order chi connectivity index (χ1) is 11.0. The number of thiophene rings is 1. The molecule has 122 valence electrons. The van der Waals surface area contributed by atoms with E-state index in [1.807, 2.05) is 18.2 Å². The van der Waals surface area contributed by atoms with Crippen LogP contribution in [0.2, 0.25) is 0 Å². The lowest BCUT2D eigenvalue weighted by molar-refractivity contribution is 0.101. The molecule has 0 spiro atoms. The van der Waals surface area contributed by atoms with Gasteiger partial charge in [0.2, 0.25) is 0 Å². The van der Waals surface area contributed by atoms with E-state index in [-0.39, 0.29) is 5.78 Å². The molecule has 0 aliphatic carbocycles. The van der Waals surface area contributed by atoms with E-state index in [1.54, 1.807) is 30.5 Å². The van der Waals surface area contributed by atoms with Crippen molar-refractivity contribution in [3.8, 4) is 0 Å². The van der Waals surface area contributed by atoms with Gasteiger partial charge in [0.1, 0.15) is 4.21 Å². The molecule has 0 amide bonds. The third-order valence-electron chi connectivity index (χ3n) is 3.95. The fourth-order valence-electron chi connectivity index (χ4n) is 2.65. The lowest BCUT2D eigenvalue weighted by atomic mass is 10.1. The van der Waals surface area contributed by atoms with Crippen molar-refractivity contribution in [1.82, 2.24) is 4.31 Å². The fraction of sp³-hybridized carbons (Fsp3) is 0.312. The molecule has 23 heavy (non-hydrogen) atoms. The fourth-order valence-corrected chi connectivity index (χ4v) is 5.21. The molecule has 1 saturated heterocycles. The topological polar surface area (TPSA) is 57.7 Å². The number of rotatable bonds is 4. The molecule has 1 fully saturated rings. The van der Waals surface area contributed by atoms with Crippen LogP contribution in [0.4, 0.5) is 5.69 Å². The van der Waals surface area contributed by atoms with Gasteiger partial charge in [0.05, 0.1) is 0 Å². The Hall–Kier alpha value is -1.70.